The number of nitrogens with zero attached hydrogens (tertiary/aromatic N) is 2. The maximum Gasteiger partial charge on any atom is 0.266 e. The standard InChI is InChI=1S/C22H24N2O4S/c1-15-6-3-4-8-19(15)28-14-21(25)24(13-17-7-5-11-27-17)22-23-18-12-16(26-2)9-10-20(18)29-22/h3-4,6,8-10,12,17H,5,7,11,13-14H2,1-2H3. The third-order valence-electron chi connectivity index (χ3n) is 4.97. The van der Waals surface area contributed by atoms with E-state index in [1.807, 2.05) is 49.4 Å². The highest BCUT2D eigenvalue weighted by Crippen LogP contribution is 2.32. The van der Waals surface area contributed by atoms with Crippen LogP contribution in [0, 0.1) is 6.92 Å². The summed E-state index contributed by atoms with van der Waals surface area (Å²) in [5.74, 6) is 1.33. The summed E-state index contributed by atoms with van der Waals surface area (Å²) in [5, 5.41) is 0.655. The van der Waals surface area contributed by atoms with Crippen molar-refractivity contribution < 1.29 is 19.0 Å². The Kier molecular flexibility index (Phi) is 5.97. The van der Waals surface area contributed by atoms with E-state index in [2.05, 4.69) is 4.98 Å². The van der Waals surface area contributed by atoms with E-state index in [-0.39, 0.29) is 18.6 Å². The minimum atomic E-state index is -0.130. The van der Waals surface area contributed by atoms with Gasteiger partial charge in [-0.05, 0) is 43.5 Å². The van der Waals surface area contributed by atoms with Crippen molar-refractivity contribution in [3.05, 3.63) is 48.0 Å². The summed E-state index contributed by atoms with van der Waals surface area (Å²) in [6, 6.07) is 13.4. The van der Waals surface area contributed by atoms with Gasteiger partial charge in [0.1, 0.15) is 11.5 Å². The zero-order valence-electron chi connectivity index (χ0n) is 16.6. The topological polar surface area (TPSA) is 60.9 Å². The van der Waals surface area contributed by atoms with Crippen molar-refractivity contribution in [2.75, 3.05) is 31.8 Å². The van der Waals surface area contributed by atoms with Gasteiger partial charge in [-0.25, -0.2) is 4.98 Å². The average molecular weight is 413 g/mol. The van der Waals surface area contributed by atoms with Gasteiger partial charge >= 0.3 is 0 Å². The molecule has 7 heteroatoms. The number of aromatic nitrogens is 1. The van der Waals surface area contributed by atoms with Crippen LogP contribution in [0.15, 0.2) is 42.5 Å². The lowest BCUT2D eigenvalue weighted by Gasteiger charge is -2.23. The molecule has 0 radical (unpaired) electrons. The maximum absolute atomic E-state index is 13.1. The van der Waals surface area contributed by atoms with Gasteiger partial charge in [-0.3, -0.25) is 9.69 Å². The minimum Gasteiger partial charge on any atom is -0.497 e. The normalized spacial score (nSPS) is 16.1. The first-order valence-corrected chi connectivity index (χ1v) is 10.5. The second-order valence-corrected chi connectivity index (χ2v) is 8.03. The Morgan fingerprint density at radius 2 is 2.17 bits per heavy atom. The van der Waals surface area contributed by atoms with Crippen LogP contribution in [0.25, 0.3) is 10.2 Å². The summed E-state index contributed by atoms with van der Waals surface area (Å²) in [6.07, 6.45) is 1.99. The molecule has 1 aromatic heterocycles. The lowest BCUT2D eigenvalue weighted by atomic mass is 10.2. The Hall–Kier alpha value is -2.64. The number of rotatable bonds is 7. The molecule has 0 saturated carbocycles. The average Bonchev–Trinajstić information content (AvgIpc) is 3.40. The van der Waals surface area contributed by atoms with Crippen LogP contribution in [0.2, 0.25) is 0 Å². The van der Waals surface area contributed by atoms with Crippen molar-refractivity contribution in [3.63, 3.8) is 0 Å². The monoisotopic (exact) mass is 412 g/mol. The third-order valence-corrected chi connectivity index (χ3v) is 6.03. The van der Waals surface area contributed by atoms with Crippen LogP contribution in [0.5, 0.6) is 11.5 Å². The van der Waals surface area contributed by atoms with E-state index >= 15 is 0 Å². The first-order valence-electron chi connectivity index (χ1n) is 9.69. The van der Waals surface area contributed by atoms with Gasteiger partial charge in [-0.2, -0.15) is 0 Å². The first-order chi connectivity index (χ1) is 14.1. The van der Waals surface area contributed by atoms with Crippen LogP contribution in [-0.2, 0) is 9.53 Å². The van der Waals surface area contributed by atoms with E-state index in [4.69, 9.17) is 14.2 Å². The first kappa shape index (κ1) is 19.7. The number of para-hydroxylation sites is 1. The molecule has 152 valence electrons. The number of amides is 1. The van der Waals surface area contributed by atoms with Crippen molar-refractivity contribution in [1.82, 2.24) is 4.98 Å². The zero-order valence-corrected chi connectivity index (χ0v) is 17.4. The molecule has 29 heavy (non-hydrogen) atoms. The van der Waals surface area contributed by atoms with Crippen molar-refractivity contribution in [2.24, 2.45) is 0 Å². The molecular weight excluding hydrogens is 388 g/mol. The van der Waals surface area contributed by atoms with Crippen molar-refractivity contribution in [2.45, 2.75) is 25.9 Å². The molecule has 1 aliphatic heterocycles. The molecular formula is C22H24N2O4S. The molecule has 2 heterocycles. The molecule has 1 unspecified atom stereocenters. The molecule has 1 amide bonds. The molecule has 0 aliphatic carbocycles. The van der Waals surface area contributed by atoms with Crippen molar-refractivity contribution in [1.29, 1.82) is 0 Å². The predicted octanol–water partition coefficient (Wildman–Crippen LogP) is 4.20. The molecule has 0 spiro atoms. The molecule has 3 aromatic rings. The van der Waals surface area contributed by atoms with E-state index < -0.39 is 0 Å². The fourth-order valence-electron chi connectivity index (χ4n) is 3.35. The zero-order chi connectivity index (χ0) is 20.2. The van der Waals surface area contributed by atoms with Crippen molar-refractivity contribution in [3.8, 4) is 11.5 Å². The highest BCUT2D eigenvalue weighted by atomic mass is 32.1. The van der Waals surface area contributed by atoms with E-state index in [1.54, 1.807) is 12.0 Å². The largest absolute Gasteiger partial charge is 0.497 e. The second kappa shape index (κ2) is 8.80. The quantitative estimate of drug-likeness (QED) is 0.582. The van der Waals surface area contributed by atoms with Gasteiger partial charge in [0.15, 0.2) is 11.7 Å². The number of fused-ring (bicyclic) bond motifs is 1. The van der Waals surface area contributed by atoms with Crippen LogP contribution in [-0.4, -0.2) is 43.9 Å². The highest BCUT2D eigenvalue weighted by molar-refractivity contribution is 7.22. The Morgan fingerprint density at radius 1 is 1.31 bits per heavy atom. The van der Waals surface area contributed by atoms with Gasteiger partial charge in [0, 0.05) is 12.7 Å². The molecule has 0 bridgehead atoms. The molecule has 0 N–H and O–H groups in total. The smallest absolute Gasteiger partial charge is 0.266 e. The van der Waals surface area contributed by atoms with E-state index in [9.17, 15) is 4.79 Å². The molecule has 1 aliphatic rings. The van der Waals surface area contributed by atoms with Gasteiger partial charge in [0.05, 0.1) is 30.0 Å². The number of thiazole rings is 1. The molecule has 6 nitrogen and oxygen atoms in total. The summed E-state index contributed by atoms with van der Waals surface area (Å²) in [7, 11) is 1.63. The summed E-state index contributed by atoms with van der Waals surface area (Å²) < 4.78 is 17.9. The Labute approximate surface area is 174 Å². The fourth-order valence-corrected chi connectivity index (χ4v) is 4.32. The summed E-state index contributed by atoms with van der Waals surface area (Å²) >= 11 is 1.49. The number of carbonyl (C=O) groups excluding carboxylic acids is 1. The highest BCUT2D eigenvalue weighted by Gasteiger charge is 2.26. The van der Waals surface area contributed by atoms with Gasteiger partial charge < -0.3 is 14.2 Å². The van der Waals surface area contributed by atoms with Crippen LogP contribution < -0.4 is 14.4 Å². The van der Waals surface area contributed by atoms with Crippen LogP contribution in [0.4, 0.5) is 5.13 Å². The van der Waals surface area contributed by atoms with E-state index in [0.29, 0.717) is 17.4 Å². The molecule has 1 atom stereocenters. The third kappa shape index (κ3) is 4.52. The van der Waals surface area contributed by atoms with Gasteiger partial charge in [-0.1, -0.05) is 29.5 Å². The summed E-state index contributed by atoms with van der Waals surface area (Å²) in [6.45, 7) is 3.14. The van der Waals surface area contributed by atoms with Gasteiger partial charge in [0.25, 0.3) is 5.91 Å². The van der Waals surface area contributed by atoms with Gasteiger partial charge in [-0.15, -0.1) is 0 Å². The molecule has 1 fully saturated rings. The molecule has 4 rings (SSSR count). The minimum absolute atomic E-state index is 0.0268. The molecule has 1 saturated heterocycles. The van der Waals surface area contributed by atoms with Gasteiger partial charge in [0.2, 0.25) is 0 Å². The molecule has 2 aromatic carbocycles. The second-order valence-electron chi connectivity index (χ2n) is 7.02. The lowest BCUT2D eigenvalue weighted by molar-refractivity contribution is -0.120. The van der Waals surface area contributed by atoms with Crippen LogP contribution in [0.3, 0.4) is 0 Å². The SMILES string of the molecule is COc1ccc2sc(N(CC3CCCO3)C(=O)COc3ccccc3C)nc2c1. The number of ether oxygens (including phenoxy) is 3. The number of carbonyl (C=O) groups is 1. The van der Waals surface area contributed by atoms with Crippen LogP contribution >= 0.6 is 11.3 Å². The van der Waals surface area contributed by atoms with Crippen LogP contribution in [0.1, 0.15) is 18.4 Å². The van der Waals surface area contributed by atoms with E-state index in [1.165, 1.54) is 11.3 Å². The number of methoxy groups -OCH3 is 1. The Balaban J connectivity index is 1.57. The van der Waals surface area contributed by atoms with E-state index in [0.717, 1.165) is 41.0 Å². The Morgan fingerprint density at radius 3 is 2.93 bits per heavy atom. The summed E-state index contributed by atoms with van der Waals surface area (Å²) in [4.78, 5) is 19.5. The number of aryl methyl sites for hydroxylation is 1. The maximum atomic E-state index is 13.1. The number of hydrogen-bond acceptors (Lipinski definition) is 6. The number of anilines is 1. The lowest BCUT2D eigenvalue weighted by Crippen LogP contribution is -2.40. The summed E-state index contributed by atoms with van der Waals surface area (Å²) in [5.41, 5.74) is 1.81. The predicted molar refractivity (Wildman–Crippen MR) is 114 cm³/mol. The van der Waals surface area contributed by atoms with Crippen molar-refractivity contribution >= 4 is 32.6 Å². The Bertz CT molecular complexity index is 997. The number of benzene rings is 2. The fraction of sp³-hybridized carbons (Fsp3) is 0.364. The number of hydrogen-bond donors (Lipinski definition) is 0.